The van der Waals surface area contributed by atoms with Crippen LogP contribution in [0.25, 0.3) is 11.4 Å². The first kappa shape index (κ1) is 28.4. The van der Waals surface area contributed by atoms with Crippen LogP contribution >= 0.6 is 0 Å². The van der Waals surface area contributed by atoms with Crippen molar-refractivity contribution in [2.75, 3.05) is 25.6 Å². The lowest BCUT2D eigenvalue weighted by Crippen LogP contribution is -2.23. The molecule has 0 saturated heterocycles. The molecule has 0 fully saturated rings. The first-order valence-electron chi connectivity index (χ1n) is 11.9. The maximum Gasteiger partial charge on any atom is 0.356 e. The van der Waals surface area contributed by atoms with Crippen molar-refractivity contribution in [2.45, 2.75) is 19.8 Å². The van der Waals surface area contributed by atoms with Crippen LogP contribution in [-0.2, 0) is 16.0 Å². The molecule has 0 bridgehead atoms. The fourth-order valence-electron chi connectivity index (χ4n) is 3.63. The Morgan fingerprint density at radius 1 is 0.975 bits per heavy atom. The Hall–Kier alpha value is -4.62. The second kappa shape index (κ2) is 12.5. The summed E-state index contributed by atoms with van der Waals surface area (Å²) >= 11 is -2.91. The van der Waals surface area contributed by atoms with E-state index in [4.69, 9.17) is 18.9 Å². The number of hydrogen-bond donors (Lipinski definition) is 0. The van der Waals surface area contributed by atoms with Crippen molar-refractivity contribution >= 4 is 28.9 Å². The largest absolute Gasteiger partial charge is 0.755 e. The number of benzene rings is 1. The van der Waals surface area contributed by atoms with Crippen LogP contribution < -0.4 is 18.5 Å². The molecule has 0 N–H and O–H groups in total. The number of aromatic nitrogens is 4. The highest BCUT2D eigenvalue weighted by molar-refractivity contribution is 7.81. The van der Waals surface area contributed by atoms with E-state index in [1.807, 2.05) is 13.8 Å². The molecule has 4 aromatic rings. The number of hydrogen-bond acceptors (Lipinski definition) is 11. The third-order valence-electron chi connectivity index (χ3n) is 5.69. The molecule has 0 aliphatic carbocycles. The molecule has 0 amide bonds. The zero-order valence-corrected chi connectivity index (χ0v) is 23.2. The van der Waals surface area contributed by atoms with Gasteiger partial charge in [0.1, 0.15) is 11.5 Å². The van der Waals surface area contributed by atoms with E-state index >= 15 is 0 Å². The number of nitrogens with zero attached hydrogens (tertiary/aromatic N) is 5. The summed E-state index contributed by atoms with van der Waals surface area (Å²) in [6, 6.07) is 13.1. The van der Waals surface area contributed by atoms with Gasteiger partial charge < -0.3 is 23.5 Å². The molecular formula is C27H26N5O7S-. The molecule has 4 rings (SSSR count). The van der Waals surface area contributed by atoms with E-state index < -0.39 is 17.2 Å². The number of anilines is 2. The molecule has 40 heavy (non-hydrogen) atoms. The second-order valence-electron chi connectivity index (χ2n) is 8.50. The Labute approximate surface area is 233 Å². The fraction of sp³-hybridized carbons (Fsp3) is 0.222. The lowest BCUT2D eigenvalue weighted by molar-refractivity contribution is 0.0594. The minimum atomic E-state index is -2.91. The van der Waals surface area contributed by atoms with E-state index in [0.29, 0.717) is 11.3 Å². The molecule has 0 aliphatic heterocycles. The van der Waals surface area contributed by atoms with Gasteiger partial charge in [-0.2, -0.15) is 4.98 Å². The van der Waals surface area contributed by atoms with Crippen LogP contribution in [0.1, 0.15) is 35.8 Å². The van der Waals surface area contributed by atoms with Crippen LogP contribution in [0.2, 0.25) is 0 Å². The van der Waals surface area contributed by atoms with Gasteiger partial charge in [-0.05, 0) is 41.8 Å². The van der Waals surface area contributed by atoms with Crippen LogP contribution in [-0.4, -0.2) is 56.0 Å². The summed E-state index contributed by atoms with van der Waals surface area (Å²) in [5.74, 6) is -0.153. The van der Waals surface area contributed by atoms with Gasteiger partial charge in [0.25, 0.3) is 5.88 Å². The normalized spacial score (nSPS) is 11.6. The predicted molar refractivity (Wildman–Crippen MR) is 146 cm³/mol. The summed E-state index contributed by atoms with van der Waals surface area (Å²) in [5.41, 5.74) is 1.27. The Bertz CT molecular complexity index is 1530. The maximum absolute atomic E-state index is 12.7. The number of methoxy groups -OCH3 is 3. The minimum Gasteiger partial charge on any atom is -0.755 e. The highest BCUT2D eigenvalue weighted by atomic mass is 32.2. The first-order valence-corrected chi connectivity index (χ1v) is 13.0. The average Bonchev–Trinajstić information content (AvgIpc) is 2.97. The smallest absolute Gasteiger partial charge is 0.356 e. The van der Waals surface area contributed by atoms with E-state index in [2.05, 4.69) is 19.9 Å². The average molecular weight is 565 g/mol. The molecule has 208 valence electrons. The van der Waals surface area contributed by atoms with Gasteiger partial charge in [-0.15, -0.1) is 0 Å². The van der Waals surface area contributed by atoms with Crippen molar-refractivity contribution in [3.63, 3.8) is 0 Å². The van der Waals surface area contributed by atoms with Crippen LogP contribution in [0.3, 0.4) is 0 Å². The number of para-hydroxylation sites is 2. The molecule has 1 aromatic carbocycles. The van der Waals surface area contributed by atoms with Gasteiger partial charge in [-0.3, -0.25) is 4.21 Å². The number of ether oxygens (including phenoxy) is 4. The lowest BCUT2D eigenvalue weighted by atomic mass is 10.1. The summed E-state index contributed by atoms with van der Waals surface area (Å²) in [6.45, 7) is 4.00. The fourth-order valence-corrected chi connectivity index (χ4v) is 4.15. The second-order valence-corrected chi connectivity index (χ2v) is 9.30. The quantitative estimate of drug-likeness (QED) is 0.197. The molecule has 1 unspecified atom stereocenters. The Balaban J connectivity index is 1.96. The van der Waals surface area contributed by atoms with Gasteiger partial charge in [0.05, 0.1) is 32.6 Å². The predicted octanol–water partition coefficient (Wildman–Crippen LogP) is 4.59. The zero-order valence-electron chi connectivity index (χ0n) is 22.4. The van der Waals surface area contributed by atoms with Gasteiger partial charge in [-0.25, -0.2) is 24.1 Å². The van der Waals surface area contributed by atoms with E-state index in [9.17, 15) is 13.6 Å². The van der Waals surface area contributed by atoms with Crippen molar-refractivity contribution in [1.82, 2.24) is 19.9 Å². The van der Waals surface area contributed by atoms with Gasteiger partial charge in [0.15, 0.2) is 23.1 Å². The molecule has 3 heterocycles. The lowest BCUT2D eigenvalue weighted by Gasteiger charge is -2.27. The van der Waals surface area contributed by atoms with Gasteiger partial charge >= 0.3 is 5.97 Å². The molecule has 0 radical (unpaired) electrons. The first-order chi connectivity index (χ1) is 19.3. The van der Waals surface area contributed by atoms with Crippen molar-refractivity contribution in [3.05, 3.63) is 72.2 Å². The number of pyridine rings is 2. The van der Waals surface area contributed by atoms with Crippen molar-refractivity contribution < 1.29 is 32.5 Å². The molecule has 1 atom stereocenters. The molecular weight excluding hydrogens is 538 g/mol. The molecule has 13 heteroatoms. The summed E-state index contributed by atoms with van der Waals surface area (Å²) < 4.78 is 48.1. The minimum absolute atomic E-state index is 0.00802. The van der Waals surface area contributed by atoms with Crippen LogP contribution in [0.4, 0.5) is 11.6 Å². The van der Waals surface area contributed by atoms with Gasteiger partial charge in [-0.1, -0.05) is 32.0 Å². The molecule has 0 aliphatic rings. The van der Waals surface area contributed by atoms with Crippen molar-refractivity contribution in [2.24, 2.45) is 0 Å². The SMILES string of the molecule is COC(=O)c1cc(-c2nc(OC)c(Oc3ccccc3OC)c(N(c3ccc(C(C)C)cn3)S(=O)[O-])n2)ccn1. The van der Waals surface area contributed by atoms with E-state index in [0.717, 1.165) is 9.87 Å². The Morgan fingerprint density at radius 3 is 2.33 bits per heavy atom. The van der Waals surface area contributed by atoms with E-state index in [1.165, 1.54) is 33.6 Å². The number of carbonyl (C=O) groups is 1. The molecule has 0 saturated carbocycles. The van der Waals surface area contributed by atoms with Crippen LogP contribution in [0, 0.1) is 0 Å². The highest BCUT2D eigenvalue weighted by Crippen LogP contribution is 2.44. The number of rotatable bonds is 10. The number of esters is 1. The standard InChI is InChI=1S/C27H27N5O7S/c1-16(2)18-10-11-22(29-15-18)32(40(34)35)25-23(39-21-9-7-6-8-20(21)36-3)26(37-4)31-24(30-25)17-12-13-28-19(14-17)27(33)38-5/h6-16H,1-5H3,(H,34,35)/p-1. The number of carbonyl (C=O) groups excluding carboxylic acids is 1. The Kier molecular flexibility index (Phi) is 8.86. The van der Waals surface area contributed by atoms with Crippen molar-refractivity contribution in [1.29, 1.82) is 0 Å². The third kappa shape index (κ3) is 6.00. The monoisotopic (exact) mass is 564 g/mol. The van der Waals surface area contributed by atoms with E-state index in [-0.39, 0.29) is 46.5 Å². The third-order valence-corrected chi connectivity index (χ3v) is 6.35. The molecule has 3 aromatic heterocycles. The van der Waals surface area contributed by atoms with Crippen LogP contribution in [0.5, 0.6) is 23.1 Å². The molecule has 12 nitrogen and oxygen atoms in total. The highest BCUT2D eigenvalue weighted by Gasteiger charge is 2.27. The molecule has 0 spiro atoms. The topological polar surface area (TPSA) is 149 Å². The van der Waals surface area contributed by atoms with Crippen molar-refractivity contribution in [3.8, 4) is 34.5 Å². The summed E-state index contributed by atoms with van der Waals surface area (Å²) in [6.07, 6.45) is 2.97. The summed E-state index contributed by atoms with van der Waals surface area (Å²) in [4.78, 5) is 29.4. The summed E-state index contributed by atoms with van der Waals surface area (Å²) in [5, 5.41) is 0. The maximum atomic E-state index is 12.7. The van der Waals surface area contributed by atoms with Gasteiger partial charge in [0, 0.05) is 18.0 Å². The van der Waals surface area contributed by atoms with Gasteiger partial charge in [0.2, 0.25) is 5.75 Å². The van der Waals surface area contributed by atoms with E-state index in [1.54, 1.807) is 48.7 Å². The zero-order chi connectivity index (χ0) is 28.8. The van der Waals surface area contributed by atoms with Crippen LogP contribution in [0.15, 0.2) is 60.9 Å². The Morgan fingerprint density at radius 2 is 1.73 bits per heavy atom. The summed E-state index contributed by atoms with van der Waals surface area (Å²) in [7, 11) is 4.06.